The van der Waals surface area contributed by atoms with Gasteiger partial charge in [-0.1, -0.05) is 0 Å². The fourth-order valence-corrected chi connectivity index (χ4v) is 3.88. The number of benzene rings is 2. The van der Waals surface area contributed by atoms with Crippen LogP contribution in [0.1, 0.15) is 35.8 Å². The number of ether oxygens (including phenoxy) is 4. The minimum absolute atomic E-state index is 0.119. The standard InChI is InChI=1S/C21H20N2O9/c24-21(31-19-3-1-15(22(25)26)9-17(19)13-5-7-29-11-13)32-20-4-2-16(23(27)28)10-18(20)14-6-8-30-12-14/h1-4,9-10,13-14H,5-8,11-12H2. The summed E-state index contributed by atoms with van der Waals surface area (Å²) in [5.74, 6) is -0.0148. The van der Waals surface area contributed by atoms with E-state index >= 15 is 0 Å². The first-order valence-electron chi connectivity index (χ1n) is 10.0. The van der Waals surface area contributed by atoms with Crippen LogP contribution in [0.3, 0.4) is 0 Å². The second kappa shape index (κ2) is 9.28. The van der Waals surface area contributed by atoms with Gasteiger partial charge >= 0.3 is 6.16 Å². The van der Waals surface area contributed by atoms with E-state index in [1.807, 2.05) is 0 Å². The molecular formula is C21H20N2O9. The van der Waals surface area contributed by atoms with Gasteiger partial charge in [0, 0.05) is 60.4 Å². The third-order valence-corrected chi connectivity index (χ3v) is 5.53. The van der Waals surface area contributed by atoms with Crippen molar-refractivity contribution >= 4 is 17.5 Å². The van der Waals surface area contributed by atoms with Crippen molar-refractivity contribution in [3.05, 3.63) is 67.8 Å². The minimum Gasteiger partial charge on any atom is -0.394 e. The Kier molecular flexibility index (Phi) is 6.28. The Morgan fingerprint density at radius 1 is 0.812 bits per heavy atom. The monoisotopic (exact) mass is 444 g/mol. The fraction of sp³-hybridized carbons (Fsp3) is 0.381. The Morgan fingerprint density at radius 3 is 1.59 bits per heavy atom. The molecule has 11 heteroatoms. The Bertz CT molecular complexity index is 962. The molecule has 2 aromatic carbocycles. The Hall–Kier alpha value is -3.57. The Balaban J connectivity index is 1.57. The SMILES string of the molecule is O=C(Oc1ccc([N+](=O)[O-])cc1C1CCOC1)Oc1ccc([N+](=O)[O-])cc1C1CCOC1. The smallest absolute Gasteiger partial charge is 0.394 e. The van der Waals surface area contributed by atoms with Gasteiger partial charge in [-0.3, -0.25) is 20.2 Å². The Labute approximate surface area is 182 Å². The average molecular weight is 444 g/mol. The molecule has 2 unspecified atom stereocenters. The maximum Gasteiger partial charge on any atom is 0.519 e. The molecule has 2 aromatic rings. The summed E-state index contributed by atoms with van der Waals surface area (Å²) in [5.41, 5.74) is 0.738. The topological polar surface area (TPSA) is 140 Å². The van der Waals surface area contributed by atoms with Gasteiger partial charge in [0.2, 0.25) is 0 Å². The zero-order chi connectivity index (χ0) is 22.7. The van der Waals surface area contributed by atoms with E-state index in [4.69, 9.17) is 18.9 Å². The third kappa shape index (κ3) is 4.68. The molecule has 0 aliphatic carbocycles. The summed E-state index contributed by atoms with van der Waals surface area (Å²) in [7, 11) is 0. The van der Waals surface area contributed by atoms with Gasteiger partial charge in [-0.15, -0.1) is 0 Å². The quantitative estimate of drug-likeness (QED) is 0.279. The van der Waals surface area contributed by atoms with Crippen LogP contribution < -0.4 is 9.47 Å². The molecular weight excluding hydrogens is 424 g/mol. The summed E-state index contributed by atoms with van der Waals surface area (Å²) in [6, 6.07) is 7.94. The van der Waals surface area contributed by atoms with Crippen LogP contribution in [0.4, 0.5) is 16.2 Å². The van der Waals surface area contributed by atoms with Crippen LogP contribution in [-0.4, -0.2) is 42.4 Å². The highest BCUT2D eigenvalue weighted by molar-refractivity contribution is 5.69. The summed E-state index contributed by atoms with van der Waals surface area (Å²) in [4.78, 5) is 33.9. The van der Waals surface area contributed by atoms with Crippen molar-refractivity contribution in [3.8, 4) is 11.5 Å². The number of nitrogens with zero attached hydrogens (tertiary/aromatic N) is 2. The van der Waals surface area contributed by atoms with Crippen LogP contribution in [0.5, 0.6) is 11.5 Å². The summed E-state index contributed by atoms with van der Waals surface area (Å²) >= 11 is 0. The summed E-state index contributed by atoms with van der Waals surface area (Å²) < 4.78 is 21.5. The first kappa shape index (κ1) is 21.7. The number of carbonyl (C=O) groups excluding carboxylic acids is 1. The van der Waals surface area contributed by atoms with Gasteiger partial charge in [-0.05, 0) is 25.0 Å². The molecule has 0 spiro atoms. The molecule has 2 heterocycles. The molecule has 0 bridgehead atoms. The summed E-state index contributed by atoms with van der Waals surface area (Å²) in [5, 5.41) is 22.3. The van der Waals surface area contributed by atoms with Crippen molar-refractivity contribution in [1.29, 1.82) is 0 Å². The molecule has 2 aliphatic rings. The van der Waals surface area contributed by atoms with E-state index in [9.17, 15) is 25.0 Å². The minimum atomic E-state index is -1.05. The number of hydrogen-bond acceptors (Lipinski definition) is 9. The molecule has 168 valence electrons. The lowest BCUT2D eigenvalue weighted by molar-refractivity contribution is -0.385. The molecule has 0 radical (unpaired) electrons. The van der Waals surface area contributed by atoms with E-state index < -0.39 is 16.0 Å². The zero-order valence-electron chi connectivity index (χ0n) is 16.9. The molecule has 0 aromatic heterocycles. The number of nitro benzene ring substituents is 2. The molecule has 11 nitrogen and oxygen atoms in total. The first-order valence-corrected chi connectivity index (χ1v) is 10.0. The van der Waals surface area contributed by atoms with Crippen LogP contribution in [0.25, 0.3) is 0 Å². The van der Waals surface area contributed by atoms with Gasteiger partial charge < -0.3 is 18.9 Å². The van der Waals surface area contributed by atoms with E-state index in [-0.39, 0.29) is 34.7 Å². The van der Waals surface area contributed by atoms with E-state index in [1.165, 1.54) is 36.4 Å². The predicted molar refractivity (Wildman–Crippen MR) is 109 cm³/mol. The van der Waals surface area contributed by atoms with Crippen molar-refractivity contribution in [2.75, 3.05) is 26.4 Å². The molecule has 4 rings (SSSR count). The zero-order valence-corrected chi connectivity index (χ0v) is 16.9. The third-order valence-electron chi connectivity index (χ3n) is 5.53. The molecule has 0 saturated carbocycles. The number of nitro groups is 2. The number of non-ortho nitro benzene ring substituents is 2. The van der Waals surface area contributed by atoms with Gasteiger partial charge in [0.1, 0.15) is 11.5 Å². The van der Waals surface area contributed by atoms with Crippen LogP contribution >= 0.6 is 0 Å². The van der Waals surface area contributed by atoms with E-state index in [0.717, 1.165) is 0 Å². The lowest BCUT2D eigenvalue weighted by Crippen LogP contribution is -2.17. The number of carbonyl (C=O) groups is 1. The van der Waals surface area contributed by atoms with E-state index in [2.05, 4.69) is 0 Å². The molecule has 2 atom stereocenters. The highest BCUT2D eigenvalue weighted by Gasteiger charge is 2.28. The molecule has 0 amide bonds. The summed E-state index contributed by atoms with van der Waals surface area (Å²) in [6.07, 6.45) is 0.231. The van der Waals surface area contributed by atoms with Crippen molar-refractivity contribution in [2.24, 2.45) is 0 Å². The van der Waals surface area contributed by atoms with Gasteiger partial charge in [0.05, 0.1) is 23.1 Å². The molecule has 2 aliphatic heterocycles. The number of rotatable bonds is 6. The van der Waals surface area contributed by atoms with Crippen LogP contribution in [0.15, 0.2) is 36.4 Å². The Morgan fingerprint density at radius 2 is 1.25 bits per heavy atom. The van der Waals surface area contributed by atoms with E-state index in [0.29, 0.717) is 50.4 Å². The molecule has 2 fully saturated rings. The van der Waals surface area contributed by atoms with Crippen molar-refractivity contribution < 1.29 is 33.6 Å². The maximum absolute atomic E-state index is 12.6. The van der Waals surface area contributed by atoms with Crippen molar-refractivity contribution in [3.63, 3.8) is 0 Å². The van der Waals surface area contributed by atoms with Gasteiger partial charge in [-0.25, -0.2) is 4.79 Å². The van der Waals surface area contributed by atoms with Crippen LogP contribution in [0.2, 0.25) is 0 Å². The highest BCUT2D eigenvalue weighted by atomic mass is 16.7. The molecule has 2 saturated heterocycles. The second-order valence-electron chi connectivity index (χ2n) is 7.53. The average Bonchev–Trinajstić information content (AvgIpc) is 3.48. The van der Waals surface area contributed by atoms with Gasteiger partial charge in [0.15, 0.2) is 0 Å². The van der Waals surface area contributed by atoms with Gasteiger partial charge in [-0.2, -0.15) is 0 Å². The van der Waals surface area contributed by atoms with Crippen LogP contribution in [-0.2, 0) is 9.47 Å². The van der Waals surface area contributed by atoms with Gasteiger partial charge in [0.25, 0.3) is 11.4 Å². The molecule has 32 heavy (non-hydrogen) atoms. The summed E-state index contributed by atoms with van der Waals surface area (Å²) in [6.45, 7) is 1.74. The highest BCUT2D eigenvalue weighted by Crippen LogP contribution is 2.37. The predicted octanol–water partition coefficient (Wildman–Crippen LogP) is 4.09. The first-order chi connectivity index (χ1) is 15.4. The maximum atomic E-state index is 12.6. The largest absolute Gasteiger partial charge is 0.519 e. The lowest BCUT2D eigenvalue weighted by atomic mass is 9.97. The van der Waals surface area contributed by atoms with Crippen molar-refractivity contribution in [1.82, 2.24) is 0 Å². The fourth-order valence-electron chi connectivity index (χ4n) is 3.88. The second-order valence-corrected chi connectivity index (χ2v) is 7.53. The molecule has 0 N–H and O–H groups in total. The van der Waals surface area contributed by atoms with E-state index in [1.54, 1.807) is 0 Å². The number of hydrogen-bond donors (Lipinski definition) is 0. The normalized spacial score (nSPS) is 20.1. The lowest BCUT2D eigenvalue weighted by Gasteiger charge is -2.16. The van der Waals surface area contributed by atoms with Crippen LogP contribution in [0, 0.1) is 20.2 Å². The van der Waals surface area contributed by atoms with Crippen molar-refractivity contribution in [2.45, 2.75) is 24.7 Å².